The van der Waals surface area contributed by atoms with Crippen LogP contribution in [0, 0.1) is 0 Å². The molecule has 0 saturated carbocycles. The molecule has 0 radical (unpaired) electrons. The standard InChI is InChI=1S/C16H21N3OS2/c1-2-7-19-15(20)13-6-11-21-14(13)17-16(19)22-12-10-18-8-4-3-5-9-18/h2,6,11H,1,3-5,7-10,12H2. The predicted molar refractivity (Wildman–Crippen MR) is 95.1 cm³/mol. The van der Waals surface area contributed by atoms with Crippen LogP contribution in [0.25, 0.3) is 10.2 Å². The van der Waals surface area contributed by atoms with Crippen molar-refractivity contribution in [1.82, 2.24) is 14.5 Å². The van der Waals surface area contributed by atoms with E-state index in [2.05, 4.69) is 16.5 Å². The van der Waals surface area contributed by atoms with E-state index in [4.69, 9.17) is 0 Å². The van der Waals surface area contributed by atoms with Gasteiger partial charge in [0.05, 0.1) is 5.39 Å². The Morgan fingerprint density at radius 3 is 2.95 bits per heavy atom. The summed E-state index contributed by atoms with van der Waals surface area (Å²) in [7, 11) is 0. The monoisotopic (exact) mass is 335 g/mol. The van der Waals surface area contributed by atoms with Crippen molar-refractivity contribution < 1.29 is 0 Å². The summed E-state index contributed by atoms with van der Waals surface area (Å²) in [6.07, 6.45) is 5.74. The lowest BCUT2D eigenvalue weighted by molar-refractivity contribution is 0.242. The maximum absolute atomic E-state index is 12.5. The molecule has 0 aliphatic carbocycles. The molecule has 4 nitrogen and oxygen atoms in total. The molecule has 0 amide bonds. The Kier molecular flexibility index (Phi) is 5.33. The third kappa shape index (κ3) is 3.45. The Bertz CT molecular complexity index is 701. The summed E-state index contributed by atoms with van der Waals surface area (Å²) >= 11 is 3.21. The zero-order valence-electron chi connectivity index (χ0n) is 12.7. The highest BCUT2D eigenvalue weighted by Gasteiger charge is 2.13. The smallest absolute Gasteiger partial charge is 0.263 e. The average Bonchev–Trinajstić information content (AvgIpc) is 3.01. The van der Waals surface area contributed by atoms with E-state index in [-0.39, 0.29) is 5.56 Å². The normalized spacial score (nSPS) is 16.2. The summed E-state index contributed by atoms with van der Waals surface area (Å²) in [6.45, 7) is 7.75. The number of rotatable bonds is 6. The fraction of sp³-hybridized carbons (Fsp3) is 0.500. The van der Waals surface area contributed by atoms with Gasteiger partial charge in [0.2, 0.25) is 0 Å². The molecule has 2 aromatic rings. The fourth-order valence-corrected chi connectivity index (χ4v) is 4.59. The molecule has 1 saturated heterocycles. The van der Waals surface area contributed by atoms with Crippen LogP contribution in [-0.4, -0.2) is 39.8 Å². The van der Waals surface area contributed by atoms with E-state index in [1.807, 2.05) is 11.4 Å². The zero-order valence-corrected chi connectivity index (χ0v) is 14.3. The number of thioether (sulfide) groups is 1. The van der Waals surface area contributed by atoms with Crippen molar-refractivity contribution in [2.45, 2.75) is 31.0 Å². The minimum absolute atomic E-state index is 0.0478. The largest absolute Gasteiger partial charge is 0.303 e. The van der Waals surface area contributed by atoms with Crippen LogP contribution >= 0.6 is 23.1 Å². The van der Waals surface area contributed by atoms with Gasteiger partial charge in [-0.1, -0.05) is 24.3 Å². The summed E-state index contributed by atoms with van der Waals surface area (Å²) in [4.78, 5) is 20.5. The Morgan fingerprint density at radius 1 is 1.36 bits per heavy atom. The van der Waals surface area contributed by atoms with Crippen molar-refractivity contribution in [2.75, 3.05) is 25.4 Å². The summed E-state index contributed by atoms with van der Waals surface area (Å²) in [6, 6.07) is 1.86. The van der Waals surface area contributed by atoms with Gasteiger partial charge in [0.25, 0.3) is 5.56 Å². The Morgan fingerprint density at radius 2 is 2.18 bits per heavy atom. The lowest BCUT2D eigenvalue weighted by Gasteiger charge is -2.26. The van der Waals surface area contributed by atoms with Gasteiger partial charge in [-0.05, 0) is 37.4 Å². The second-order valence-corrected chi connectivity index (χ2v) is 7.45. The van der Waals surface area contributed by atoms with Crippen LogP contribution in [0.4, 0.5) is 0 Å². The molecular formula is C16H21N3OS2. The molecule has 1 fully saturated rings. The van der Waals surface area contributed by atoms with Crippen LogP contribution in [0.3, 0.4) is 0 Å². The minimum Gasteiger partial charge on any atom is -0.303 e. The Balaban J connectivity index is 1.75. The van der Waals surface area contributed by atoms with Crippen LogP contribution in [0.1, 0.15) is 19.3 Å². The lowest BCUT2D eigenvalue weighted by atomic mass is 10.1. The Hall–Kier alpha value is -1.11. The van der Waals surface area contributed by atoms with Crippen LogP contribution < -0.4 is 5.56 Å². The molecule has 3 rings (SSSR count). The minimum atomic E-state index is 0.0478. The molecule has 0 unspecified atom stereocenters. The highest BCUT2D eigenvalue weighted by Crippen LogP contribution is 2.21. The lowest BCUT2D eigenvalue weighted by Crippen LogP contribution is -2.31. The van der Waals surface area contributed by atoms with E-state index in [0.29, 0.717) is 11.9 Å². The maximum Gasteiger partial charge on any atom is 0.263 e. The molecule has 2 aromatic heterocycles. The van der Waals surface area contributed by atoms with Crippen molar-refractivity contribution in [3.8, 4) is 0 Å². The predicted octanol–water partition coefficient (Wildman–Crippen LogP) is 3.22. The topological polar surface area (TPSA) is 38.1 Å². The maximum atomic E-state index is 12.5. The summed E-state index contributed by atoms with van der Waals surface area (Å²) < 4.78 is 1.74. The molecule has 118 valence electrons. The van der Waals surface area contributed by atoms with E-state index in [1.54, 1.807) is 22.4 Å². The average molecular weight is 335 g/mol. The van der Waals surface area contributed by atoms with Gasteiger partial charge in [-0.3, -0.25) is 9.36 Å². The molecule has 1 aliphatic heterocycles. The van der Waals surface area contributed by atoms with Crippen molar-refractivity contribution >= 4 is 33.3 Å². The first kappa shape index (κ1) is 15.8. The zero-order chi connectivity index (χ0) is 15.4. The second kappa shape index (κ2) is 7.44. The fourth-order valence-electron chi connectivity index (χ4n) is 2.78. The molecular weight excluding hydrogens is 314 g/mol. The number of likely N-dealkylation sites (tertiary alicyclic amines) is 1. The van der Waals surface area contributed by atoms with Gasteiger partial charge in [-0.2, -0.15) is 0 Å². The molecule has 6 heteroatoms. The number of fused-ring (bicyclic) bond motifs is 1. The van der Waals surface area contributed by atoms with E-state index >= 15 is 0 Å². The number of thiophene rings is 1. The van der Waals surface area contributed by atoms with E-state index in [9.17, 15) is 4.79 Å². The molecule has 0 spiro atoms. The SMILES string of the molecule is C=CCn1c(SCCN2CCCCC2)nc2sccc2c1=O. The number of nitrogens with zero attached hydrogens (tertiary/aromatic N) is 3. The molecule has 0 atom stereocenters. The summed E-state index contributed by atoms with van der Waals surface area (Å²) in [5, 5.41) is 3.46. The Labute approximate surface area is 138 Å². The number of hydrogen-bond donors (Lipinski definition) is 0. The second-order valence-electron chi connectivity index (χ2n) is 5.49. The summed E-state index contributed by atoms with van der Waals surface area (Å²) in [5.74, 6) is 0.973. The van der Waals surface area contributed by atoms with Crippen LogP contribution in [0.2, 0.25) is 0 Å². The first-order valence-corrected chi connectivity index (χ1v) is 9.60. The number of aromatic nitrogens is 2. The van der Waals surface area contributed by atoms with Crippen molar-refractivity contribution in [3.05, 3.63) is 34.5 Å². The third-order valence-electron chi connectivity index (χ3n) is 3.95. The first-order chi connectivity index (χ1) is 10.8. The van der Waals surface area contributed by atoms with Gasteiger partial charge in [0.15, 0.2) is 5.16 Å². The van der Waals surface area contributed by atoms with Crippen molar-refractivity contribution in [3.63, 3.8) is 0 Å². The highest BCUT2D eigenvalue weighted by molar-refractivity contribution is 7.99. The molecule has 3 heterocycles. The number of allylic oxidation sites excluding steroid dienone is 1. The molecule has 22 heavy (non-hydrogen) atoms. The molecule has 0 bridgehead atoms. The third-order valence-corrected chi connectivity index (χ3v) is 5.71. The van der Waals surface area contributed by atoms with Crippen LogP contribution in [0.5, 0.6) is 0 Å². The van der Waals surface area contributed by atoms with E-state index in [1.165, 1.54) is 43.7 Å². The van der Waals surface area contributed by atoms with Gasteiger partial charge in [0.1, 0.15) is 4.83 Å². The van der Waals surface area contributed by atoms with Crippen molar-refractivity contribution in [2.24, 2.45) is 0 Å². The van der Waals surface area contributed by atoms with Gasteiger partial charge in [0, 0.05) is 18.8 Å². The van der Waals surface area contributed by atoms with Crippen LogP contribution in [-0.2, 0) is 6.54 Å². The van der Waals surface area contributed by atoms with Crippen molar-refractivity contribution in [1.29, 1.82) is 0 Å². The molecule has 0 aromatic carbocycles. The van der Waals surface area contributed by atoms with Crippen LogP contribution in [0.15, 0.2) is 34.1 Å². The first-order valence-electron chi connectivity index (χ1n) is 7.73. The molecule has 1 aliphatic rings. The van der Waals surface area contributed by atoms with Gasteiger partial charge >= 0.3 is 0 Å². The number of piperidine rings is 1. The molecule has 0 N–H and O–H groups in total. The van der Waals surface area contributed by atoms with Gasteiger partial charge in [-0.25, -0.2) is 4.98 Å². The quantitative estimate of drug-likeness (QED) is 0.461. The van der Waals surface area contributed by atoms with E-state index < -0.39 is 0 Å². The summed E-state index contributed by atoms with van der Waals surface area (Å²) in [5.41, 5.74) is 0.0478. The highest BCUT2D eigenvalue weighted by atomic mass is 32.2. The number of hydrogen-bond acceptors (Lipinski definition) is 5. The van der Waals surface area contributed by atoms with E-state index in [0.717, 1.165) is 22.3 Å². The van der Waals surface area contributed by atoms with Gasteiger partial charge < -0.3 is 4.90 Å². The van der Waals surface area contributed by atoms with Gasteiger partial charge in [-0.15, -0.1) is 17.9 Å².